The molecule has 2 aromatic heterocycles. The third kappa shape index (κ3) is 3.45. The molecule has 0 unspecified atom stereocenters. The molecule has 0 radical (unpaired) electrons. The molecule has 0 aliphatic heterocycles. The van der Waals surface area contributed by atoms with Crippen LogP contribution in [0.4, 0.5) is 0 Å². The number of nitrogens with zero attached hydrogens (tertiary/aromatic N) is 3. The fourth-order valence-electron chi connectivity index (χ4n) is 2.56. The molecule has 0 saturated heterocycles. The molecule has 0 aliphatic rings. The van der Waals surface area contributed by atoms with Crippen LogP contribution in [-0.4, -0.2) is 14.6 Å². The first kappa shape index (κ1) is 15.9. The highest BCUT2D eigenvalue weighted by Crippen LogP contribution is 2.24. The number of hydrogen-bond donors (Lipinski definition) is 0. The summed E-state index contributed by atoms with van der Waals surface area (Å²) in [5.41, 5.74) is 3.52. The van der Waals surface area contributed by atoms with Crippen molar-refractivity contribution >= 4 is 28.8 Å². The van der Waals surface area contributed by atoms with Gasteiger partial charge in [0.2, 0.25) is 5.88 Å². The molecule has 124 valence electrons. The molecule has 0 fully saturated rings. The number of ether oxygens (including phenoxy) is 1. The SMILES string of the molecule is Clc1cccc(COc2ccc3ncc(-c4cccc(Cl)c4)n3n2)c1. The summed E-state index contributed by atoms with van der Waals surface area (Å²) >= 11 is 12.1. The summed E-state index contributed by atoms with van der Waals surface area (Å²) in [6, 6.07) is 18.8. The van der Waals surface area contributed by atoms with Crippen molar-refractivity contribution in [2.45, 2.75) is 6.61 Å². The van der Waals surface area contributed by atoms with Crippen molar-refractivity contribution in [1.82, 2.24) is 14.6 Å². The number of imidazole rings is 1. The first-order valence-electron chi connectivity index (χ1n) is 7.67. The Balaban J connectivity index is 1.64. The minimum Gasteiger partial charge on any atom is -0.472 e. The third-order valence-corrected chi connectivity index (χ3v) is 4.20. The van der Waals surface area contributed by atoms with E-state index in [0.717, 1.165) is 22.5 Å². The zero-order valence-electron chi connectivity index (χ0n) is 13.1. The molecule has 4 rings (SSSR count). The molecule has 4 aromatic rings. The Morgan fingerprint density at radius 1 is 0.920 bits per heavy atom. The van der Waals surface area contributed by atoms with Crippen molar-refractivity contribution in [3.8, 4) is 17.1 Å². The van der Waals surface area contributed by atoms with Gasteiger partial charge in [-0.2, -0.15) is 0 Å². The van der Waals surface area contributed by atoms with Gasteiger partial charge in [0.15, 0.2) is 5.65 Å². The van der Waals surface area contributed by atoms with E-state index < -0.39 is 0 Å². The molecule has 0 aliphatic carbocycles. The van der Waals surface area contributed by atoms with Gasteiger partial charge in [0.05, 0.1) is 11.9 Å². The van der Waals surface area contributed by atoms with Crippen LogP contribution in [0.25, 0.3) is 16.9 Å². The maximum absolute atomic E-state index is 6.09. The first-order chi connectivity index (χ1) is 12.2. The van der Waals surface area contributed by atoms with Gasteiger partial charge in [0.25, 0.3) is 0 Å². The van der Waals surface area contributed by atoms with Crippen LogP contribution >= 0.6 is 23.2 Å². The lowest BCUT2D eigenvalue weighted by Crippen LogP contribution is -2.01. The Kier molecular flexibility index (Phi) is 4.30. The summed E-state index contributed by atoms with van der Waals surface area (Å²) in [5.74, 6) is 0.508. The topological polar surface area (TPSA) is 39.4 Å². The molecule has 25 heavy (non-hydrogen) atoms. The summed E-state index contributed by atoms with van der Waals surface area (Å²) in [6.07, 6.45) is 1.77. The molecular formula is C19H13Cl2N3O. The van der Waals surface area contributed by atoms with Crippen LogP contribution in [0, 0.1) is 0 Å². The Morgan fingerprint density at radius 2 is 1.72 bits per heavy atom. The third-order valence-electron chi connectivity index (χ3n) is 3.73. The van der Waals surface area contributed by atoms with Gasteiger partial charge in [-0.15, -0.1) is 5.10 Å². The average molecular weight is 370 g/mol. The van der Waals surface area contributed by atoms with Crippen molar-refractivity contribution in [3.05, 3.63) is 82.5 Å². The number of benzene rings is 2. The van der Waals surface area contributed by atoms with Crippen LogP contribution in [0.2, 0.25) is 10.0 Å². The van der Waals surface area contributed by atoms with Gasteiger partial charge >= 0.3 is 0 Å². The second kappa shape index (κ2) is 6.75. The van der Waals surface area contributed by atoms with Crippen molar-refractivity contribution in [1.29, 1.82) is 0 Å². The highest BCUT2D eigenvalue weighted by atomic mass is 35.5. The molecule has 0 N–H and O–H groups in total. The molecule has 0 saturated carbocycles. The second-order valence-corrected chi connectivity index (χ2v) is 6.39. The van der Waals surface area contributed by atoms with E-state index in [9.17, 15) is 0 Å². The lowest BCUT2D eigenvalue weighted by atomic mass is 10.2. The van der Waals surface area contributed by atoms with Gasteiger partial charge in [-0.25, -0.2) is 9.50 Å². The lowest BCUT2D eigenvalue weighted by molar-refractivity contribution is 0.289. The zero-order chi connectivity index (χ0) is 17.2. The van der Waals surface area contributed by atoms with E-state index in [4.69, 9.17) is 27.9 Å². The van der Waals surface area contributed by atoms with E-state index in [1.54, 1.807) is 16.8 Å². The quantitative estimate of drug-likeness (QED) is 0.491. The highest BCUT2D eigenvalue weighted by molar-refractivity contribution is 6.31. The van der Waals surface area contributed by atoms with Crippen molar-refractivity contribution in [3.63, 3.8) is 0 Å². The smallest absolute Gasteiger partial charge is 0.232 e. The van der Waals surface area contributed by atoms with E-state index in [1.807, 2.05) is 54.6 Å². The second-order valence-electron chi connectivity index (χ2n) is 5.51. The van der Waals surface area contributed by atoms with Gasteiger partial charge in [0.1, 0.15) is 6.61 Å². The summed E-state index contributed by atoms with van der Waals surface area (Å²) in [5, 5.41) is 5.88. The highest BCUT2D eigenvalue weighted by Gasteiger charge is 2.09. The van der Waals surface area contributed by atoms with Crippen molar-refractivity contribution in [2.24, 2.45) is 0 Å². The fourth-order valence-corrected chi connectivity index (χ4v) is 2.97. The fraction of sp³-hybridized carbons (Fsp3) is 0.0526. The molecule has 4 nitrogen and oxygen atoms in total. The molecule has 6 heteroatoms. The Hall–Kier alpha value is -2.56. The zero-order valence-corrected chi connectivity index (χ0v) is 14.6. The molecular weight excluding hydrogens is 357 g/mol. The van der Waals surface area contributed by atoms with Gasteiger partial charge < -0.3 is 4.74 Å². The molecule has 2 aromatic carbocycles. The normalized spacial score (nSPS) is 11.0. The predicted molar refractivity (Wildman–Crippen MR) is 99.2 cm³/mol. The van der Waals surface area contributed by atoms with E-state index in [0.29, 0.717) is 22.5 Å². The minimum atomic E-state index is 0.389. The van der Waals surface area contributed by atoms with Gasteiger partial charge in [-0.05, 0) is 35.9 Å². The van der Waals surface area contributed by atoms with Crippen LogP contribution in [0.1, 0.15) is 5.56 Å². The van der Waals surface area contributed by atoms with Crippen LogP contribution < -0.4 is 4.74 Å². The maximum Gasteiger partial charge on any atom is 0.232 e. The Morgan fingerprint density at radius 3 is 2.52 bits per heavy atom. The van der Waals surface area contributed by atoms with Crippen LogP contribution in [0.5, 0.6) is 5.88 Å². The summed E-state index contributed by atoms with van der Waals surface area (Å²) in [4.78, 5) is 4.38. The minimum absolute atomic E-state index is 0.389. The Labute approximate surface area is 154 Å². The molecule has 0 atom stereocenters. The van der Waals surface area contributed by atoms with E-state index in [2.05, 4.69) is 10.1 Å². The molecule has 0 spiro atoms. The predicted octanol–water partition coefficient (Wildman–Crippen LogP) is 5.28. The summed E-state index contributed by atoms with van der Waals surface area (Å²) in [6.45, 7) is 0.389. The Bertz CT molecular complexity index is 1050. The molecule has 2 heterocycles. The maximum atomic E-state index is 6.09. The van der Waals surface area contributed by atoms with E-state index in [-0.39, 0.29) is 0 Å². The van der Waals surface area contributed by atoms with E-state index >= 15 is 0 Å². The molecule has 0 amide bonds. The van der Waals surface area contributed by atoms with Crippen LogP contribution in [0.3, 0.4) is 0 Å². The van der Waals surface area contributed by atoms with Gasteiger partial charge in [-0.1, -0.05) is 47.5 Å². The van der Waals surface area contributed by atoms with Gasteiger partial charge in [0, 0.05) is 21.7 Å². The summed E-state index contributed by atoms with van der Waals surface area (Å²) in [7, 11) is 0. The monoisotopic (exact) mass is 369 g/mol. The number of fused-ring (bicyclic) bond motifs is 1. The van der Waals surface area contributed by atoms with Gasteiger partial charge in [-0.3, -0.25) is 0 Å². The van der Waals surface area contributed by atoms with Crippen LogP contribution in [-0.2, 0) is 6.61 Å². The van der Waals surface area contributed by atoms with Crippen molar-refractivity contribution in [2.75, 3.05) is 0 Å². The van der Waals surface area contributed by atoms with Crippen molar-refractivity contribution < 1.29 is 4.74 Å². The standard InChI is InChI=1S/C19H13Cl2N3O/c20-15-5-1-3-13(9-15)12-25-19-8-7-18-22-11-17(24(18)23-19)14-4-2-6-16(21)10-14/h1-11H,12H2. The first-order valence-corrected chi connectivity index (χ1v) is 8.42. The average Bonchev–Trinajstić information content (AvgIpc) is 3.03. The van der Waals surface area contributed by atoms with Crippen LogP contribution in [0.15, 0.2) is 66.9 Å². The lowest BCUT2D eigenvalue weighted by Gasteiger charge is -2.07. The summed E-state index contributed by atoms with van der Waals surface area (Å²) < 4.78 is 7.54. The van der Waals surface area contributed by atoms with E-state index in [1.165, 1.54) is 0 Å². The largest absolute Gasteiger partial charge is 0.472 e. The number of aromatic nitrogens is 3. The number of halogens is 2. The number of hydrogen-bond acceptors (Lipinski definition) is 3. The molecule has 0 bridgehead atoms. The number of rotatable bonds is 4.